The average molecular weight is 400 g/mol. The normalized spacial score (nSPS) is 14.6. The number of amides is 1. The molecule has 0 spiro atoms. The van der Waals surface area contributed by atoms with Gasteiger partial charge in [-0.15, -0.1) is 13.2 Å². The van der Waals surface area contributed by atoms with Crippen molar-refractivity contribution in [2.75, 3.05) is 25.2 Å². The summed E-state index contributed by atoms with van der Waals surface area (Å²) in [7, 11) is 0. The molecule has 1 amide bonds. The molecule has 28 heavy (non-hydrogen) atoms. The summed E-state index contributed by atoms with van der Waals surface area (Å²) < 4.78 is 59.3. The van der Waals surface area contributed by atoms with Gasteiger partial charge in [-0.2, -0.15) is 0 Å². The predicted molar refractivity (Wildman–Crippen MR) is 88.9 cm³/mol. The van der Waals surface area contributed by atoms with Crippen LogP contribution in [0.5, 0.6) is 5.75 Å². The number of rotatable bonds is 5. The topological polar surface area (TPSA) is 76.6 Å². The van der Waals surface area contributed by atoms with Crippen molar-refractivity contribution in [3.05, 3.63) is 47.5 Å². The second kappa shape index (κ2) is 8.38. The lowest BCUT2D eigenvalue weighted by atomic mass is 10.2. The summed E-state index contributed by atoms with van der Waals surface area (Å²) in [5.41, 5.74) is 0.483. The summed E-state index contributed by atoms with van der Waals surface area (Å²) in [5.74, 6) is -1.65. The number of halogens is 4. The number of anilines is 1. The Morgan fingerprint density at radius 3 is 2.64 bits per heavy atom. The standard InChI is InChI=1S/C17H16F4N4O3/c18-13-4-11(5-14(6-13)28-17(19,20)21)7-22-16-23-8-12(9-24-16)15(26)25-2-1-3-27-10-25/h4-6,8-9H,1-3,7,10H2,(H,22,23,24). The van der Waals surface area contributed by atoms with Gasteiger partial charge < -0.3 is 19.7 Å². The van der Waals surface area contributed by atoms with Crippen molar-refractivity contribution < 1.29 is 31.8 Å². The Bertz CT molecular complexity index is 824. The molecule has 1 fully saturated rings. The van der Waals surface area contributed by atoms with Crippen LogP contribution in [0.3, 0.4) is 0 Å². The van der Waals surface area contributed by atoms with Gasteiger partial charge in [0.25, 0.3) is 5.91 Å². The zero-order valence-corrected chi connectivity index (χ0v) is 14.5. The molecule has 0 bridgehead atoms. The van der Waals surface area contributed by atoms with Crippen LogP contribution < -0.4 is 10.1 Å². The van der Waals surface area contributed by atoms with Crippen molar-refractivity contribution in [3.63, 3.8) is 0 Å². The summed E-state index contributed by atoms with van der Waals surface area (Å²) in [4.78, 5) is 21.8. The van der Waals surface area contributed by atoms with E-state index in [9.17, 15) is 22.4 Å². The first kappa shape index (κ1) is 19.8. The number of carbonyl (C=O) groups is 1. The Balaban J connectivity index is 1.61. The fourth-order valence-corrected chi connectivity index (χ4v) is 2.57. The third-order valence-corrected chi connectivity index (χ3v) is 3.77. The number of aromatic nitrogens is 2. The summed E-state index contributed by atoms with van der Waals surface area (Å²) in [6.45, 7) is 1.36. The van der Waals surface area contributed by atoms with Crippen LogP contribution in [0.25, 0.3) is 0 Å². The molecule has 0 radical (unpaired) electrons. The summed E-state index contributed by atoms with van der Waals surface area (Å²) in [5, 5.41) is 2.75. The number of ether oxygens (including phenoxy) is 2. The average Bonchev–Trinajstić information content (AvgIpc) is 2.65. The van der Waals surface area contributed by atoms with Crippen LogP contribution in [0.4, 0.5) is 23.5 Å². The van der Waals surface area contributed by atoms with Crippen LogP contribution in [-0.4, -0.2) is 47.0 Å². The van der Waals surface area contributed by atoms with Gasteiger partial charge in [-0.25, -0.2) is 14.4 Å². The Kier molecular flexibility index (Phi) is 5.93. The molecule has 7 nitrogen and oxygen atoms in total. The number of hydrogen-bond donors (Lipinski definition) is 1. The van der Waals surface area contributed by atoms with Crippen molar-refractivity contribution in [2.45, 2.75) is 19.3 Å². The quantitative estimate of drug-likeness (QED) is 0.778. The first-order chi connectivity index (χ1) is 13.3. The van der Waals surface area contributed by atoms with Gasteiger partial charge in [0.05, 0.1) is 12.2 Å². The minimum atomic E-state index is -4.91. The number of nitrogens with one attached hydrogen (secondary N) is 1. The maximum atomic E-state index is 13.5. The molecular formula is C17H16F4N4O3. The van der Waals surface area contributed by atoms with E-state index in [1.54, 1.807) is 0 Å². The third-order valence-electron chi connectivity index (χ3n) is 3.77. The SMILES string of the molecule is O=C(c1cnc(NCc2cc(F)cc(OC(F)(F)F)c2)nc1)N1CCCOC1. The maximum absolute atomic E-state index is 13.5. The highest BCUT2D eigenvalue weighted by atomic mass is 19.4. The van der Waals surface area contributed by atoms with Gasteiger partial charge in [0.2, 0.25) is 5.95 Å². The van der Waals surface area contributed by atoms with Gasteiger partial charge in [0, 0.05) is 31.5 Å². The van der Waals surface area contributed by atoms with E-state index in [0.717, 1.165) is 18.6 Å². The van der Waals surface area contributed by atoms with E-state index < -0.39 is 17.9 Å². The van der Waals surface area contributed by atoms with Gasteiger partial charge in [-0.1, -0.05) is 0 Å². The number of carbonyl (C=O) groups excluding carboxylic acids is 1. The van der Waals surface area contributed by atoms with E-state index in [1.165, 1.54) is 17.3 Å². The van der Waals surface area contributed by atoms with Crippen LogP contribution in [0, 0.1) is 5.82 Å². The highest BCUT2D eigenvalue weighted by Crippen LogP contribution is 2.25. The second-order valence-electron chi connectivity index (χ2n) is 5.95. The molecule has 2 aromatic rings. The van der Waals surface area contributed by atoms with E-state index in [4.69, 9.17) is 4.74 Å². The van der Waals surface area contributed by atoms with E-state index in [2.05, 4.69) is 20.0 Å². The van der Waals surface area contributed by atoms with Crippen molar-refractivity contribution >= 4 is 11.9 Å². The minimum Gasteiger partial charge on any atom is -0.406 e. The highest BCUT2D eigenvalue weighted by Gasteiger charge is 2.31. The van der Waals surface area contributed by atoms with Crippen LogP contribution in [-0.2, 0) is 11.3 Å². The molecule has 0 saturated carbocycles. The monoisotopic (exact) mass is 400 g/mol. The molecule has 3 rings (SSSR count). The van der Waals surface area contributed by atoms with E-state index in [1.807, 2.05) is 0 Å². The molecule has 0 atom stereocenters. The van der Waals surface area contributed by atoms with Gasteiger partial charge in [0.1, 0.15) is 18.3 Å². The third kappa shape index (κ3) is 5.52. The van der Waals surface area contributed by atoms with Crippen molar-refractivity contribution in [1.29, 1.82) is 0 Å². The first-order valence-electron chi connectivity index (χ1n) is 8.28. The molecular weight excluding hydrogens is 384 g/mol. The Hall–Kier alpha value is -2.95. The van der Waals surface area contributed by atoms with Crippen LogP contribution in [0.1, 0.15) is 22.3 Å². The number of nitrogens with zero attached hydrogens (tertiary/aromatic N) is 3. The highest BCUT2D eigenvalue weighted by molar-refractivity contribution is 5.93. The Morgan fingerprint density at radius 2 is 2.00 bits per heavy atom. The van der Waals surface area contributed by atoms with E-state index in [-0.39, 0.29) is 36.3 Å². The lowest BCUT2D eigenvalue weighted by Crippen LogP contribution is -2.38. The molecule has 1 saturated heterocycles. The number of benzene rings is 1. The lowest BCUT2D eigenvalue weighted by molar-refractivity contribution is -0.274. The smallest absolute Gasteiger partial charge is 0.406 e. The minimum absolute atomic E-state index is 0.0424. The fraction of sp³-hybridized carbons (Fsp3) is 0.353. The van der Waals surface area contributed by atoms with Crippen LogP contribution in [0.2, 0.25) is 0 Å². The van der Waals surface area contributed by atoms with Gasteiger partial charge in [0.15, 0.2) is 0 Å². The predicted octanol–water partition coefficient (Wildman–Crippen LogP) is 2.95. The molecule has 1 aromatic heterocycles. The molecule has 1 aliphatic heterocycles. The second-order valence-corrected chi connectivity index (χ2v) is 5.95. The molecule has 2 heterocycles. The van der Waals surface area contributed by atoms with Gasteiger partial charge in [-0.3, -0.25) is 4.79 Å². The van der Waals surface area contributed by atoms with Gasteiger partial charge >= 0.3 is 6.36 Å². The molecule has 11 heteroatoms. The van der Waals surface area contributed by atoms with E-state index >= 15 is 0 Å². The Labute approximate surface area is 157 Å². The van der Waals surface area contributed by atoms with Gasteiger partial charge in [-0.05, 0) is 24.1 Å². The number of hydrogen-bond acceptors (Lipinski definition) is 6. The maximum Gasteiger partial charge on any atom is 0.573 e. The zero-order valence-electron chi connectivity index (χ0n) is 14.5. The number of alkyl halides is 3. The molecule has 1 aliphatic rings. The summed E-state index contributed by atoms with van der Waals surface area (Å²) >= 11 is 0. The Morgan fingerprint density at radius 1 is 1.25 bits per heavy atom. The van der Waals surface area contributed by atoms with Crippen LogP contribution in [0.15, 0.2) is 30.6 Å². The molecule has 150 valence electrons. The van der Waals surface area contributed by atoms with Crippen LogP contribution >= 0.6 is 0 Å². The molecule has 1 N–H and O–H groups in total. The fourth-order valence-electron chi connectivity index (χ4n) is 2.57. The van der Waals surface area contributed by atoms with Crippen molar-refractivity contribution in [2.24, 2.45) is 0 Å². The first-order valence-corrected chi connectivity index (χ1v) is 8.28. The van der Waals surface area contributed by atoms with E-state index in [0.29, 0.717) is 19.2 Å². The zero-order chi connectivity index (χ0) is 20.1. The molecule has 1 aromatic carbocycles. The summed E-state index contributed by atoms with van der Waals surface area (Å²) in [6.07, 6.45) is -1.50. The molecule has 0 unspecified atom stereocenters. The molecule has 0 aliphatic carbocycles. The largest absolute Gasteiger partial charge is 0.573 e. The summed E-state index contributed by atoms with van der Waals surface area (Å²) in [6, 6.07) is 2.75. The van der Waals surface area contributed by atoms with Crippen molar-refractivity contribution in [1.82, 2.24) is 14.9 Å². The lowest BCUT2D eigenvalue weighted by Gasteiger charge is -2.26. The van der Waals surface area contributed by atoms with Crippen molar-refractivity contribution in [3.8, 4) is 5.75 Å².